The molecule has 1 rings (SSSR count). The van der Waals surface area contributed by atoms with Crippen LogP contribution in [0.2, 0.25) is 0 Å². The largest absolute Gasteiger partial charge is 0.482 e. The van der Waals surface area contributed by atoms with Crippen molar-refractivity contribution in [3.05, 3.63) is 29.8 Å². The van der Waals surface area contributed by atoms with Crippen molar-refractivity contribution in [2.24, 2.45) is 5.92 Å². The Labute approximate surface area is 124 Å². The number of rotatable bonds is 6. The second-order valence-corrected chi connectivity index (χ2v) is 5.96. The molecule has 5 nitrogen and oxygen atoms in total. The van der Waals surface area contributed by atoms with Crippen molar-refractivity contribution in [1.82, 2.24) is 0 Å². The van der Waals surface area contributed by atoms with Crippen LogP contribution in [0.1, 0.15) is 33.3 Å². The van der Waals surface area contributed by atoms with Crippen molar-refractivity contribution in [3.63, 3.8) is 0 Å². The van der Waals surface area contributed by atoms with Gasteiger partial charge in [0.2, 0.25) is 0 Å². The Bertz CT molecular complexity index is 484. The number of carboxylic acid groups (broad SMARTS) is 1. The number of ether oxygens (including phenoxy) is 2. The molecule has 1 unspecified atom stereocenters. The molecule has 0 aliphatic rings. The highest BCUT2D eigenvalue weighted by Gasteiger charge is 2.16. The predicted molar refractivity (Wildman–Crippen MR) is 78.3 cm³/mol. The molecule has 0 aliphatic heterocycles. The third kappa shape index (κ3) is 6.79. The molecule has 5 heteroatoms. The van der Waals surface area contributed by atoms with Gasteiger partial charge in [0, 0.05) is 0 Å². The molecule has 0 saturated carbocycles. The van der Waals surface area contributed by atoms with Gasteiger partial charge in [0.25, 0.3) is 0 Å². The summed E-state index contributed by atoms with van der Waals surface area (Å²) in [6.45, 7) is 6.90. The van der Waals surface area contributed by atoms with E-state index in [4.69, 9.17) is 14.6 Å². The Hall–Kier alpha value is -2.04. The van der Waals surface area contributed by atoms with Crippen LogP contribution in [0.4, 0.5) is 0 Å². The maximum atomic E-state index is 11.5. The maximum absolute atomic E-state index is 11.5. The summed E-state index contributed by atoms with van der Waals surface area (Å²) in [4.78, 5) is 22.3. The van der Waals surface area contributed by atoms with Crippen molar-refractivity contribution in [1.29, 1.82) is 0 Å². The Kier molecular flexibility index (Phi) is 5.76. The molecule has 116 valence electrons. The van der Waals surface area contributed by atoms with E-state index in [0.717, 1.165) is 5.56 Å². The fourth-order valence-electron chi connectivity index (χ4n) is 1.68. The minimum Gasteiger partial charge on any atom is -0.482 e. The molecule has 1 atom stereocenters. The van der Waals surface area contributed by atoms with Gasteiger partial charge in [-0.25, -0.2) is 4.79 Å². The van der Waals surface area contributed by atoms with Gasteiger partial charge < -0.3 is 14.6 Å². The van der Waals surface area contributed by atoms with Crippen LogP contribution in [0.5, 0.6) is 5.75 Å². The molecular weight excluding hydrogens is 272 g/mol. The van der Waals surface area contributed by atoms with Crippen LogP contribution in [-0.4, -0.2) is 29.3 Å². The van der Waals surface area contributed by atoms with Crippen molar-refractivity contribution in [2.45, 2.75) is 39.7 Å². The molecule has 0 spiro atoms. The molecule has 0 aromatic heterocycles. The summed E-state index contributed by atoms with van der Waals surface area (Å²) < 4.78 is 10.5. The molecule has 1 aromatic rings. The molecular formula is C16H22O5. The predicted octanol–water partition coefficient (Wildman–Crippen LogP) is 2.67. The zero-order valence-corrected chi connectivity index (χ0v) is 12.9. The number of hydrogen-bond donors (Lipinski definition) is 1. The fraction of sp³-hybridized carbons (Fsp3) is 0.500. The highest BCUT2D eigenvalue weighted by Crippen LogP contribution is 2.16. The molecule has 1 N–H and O–H groups in total. The number of hydrogen-bond acceptors (Lipinski definition) is 4. The summed E-state index contributed by atoms with van der Waals surface area (Å²) in [7, 11) is 0. The van der Waals surface area contributed by atoms with Crippen LogP contribution in [-0.2, 0) is 20.7 Å². The van der Waals surface area contributed by atoms with Crippen LogP contribution in [0, 0.1) is 5.92 Å². The second kappa shape index (κ2) is 7.11. The zero-order valence-electron chi connectivity index (χ0n) is 12.9. The van der Waals surface area contributed by atoms with E-state index in [1.165, 1.54) is 0 Å². The van der Waals surface area contributed by atoms with Gasteiger partial charge in [-0.15, -0.1) is 0 Å². The van der Waals surface area contributed by atoms with Crippen LogP contribution in [0.15, 0.2) is 24.3 Å². The molecule has 0 radical (unpaired) electrons. The summed E-state index contributed by atoms with van der Waals surface area (Å²) in [5.74, 6) is -1.13. The Morgan fingerprint density at radius 2 is 1.76 bits per heavy atom. The molecule has 0 saturated heterocycles. The first-order valence-electron chi connectivity index (χ1n) is 6.84. The maximum Gasteiger partial charge on any atom is 0.344 e. The number of aliphatic carboxylic acids is 1. The lowest BCUT2D eigenvalue weighted by Crippen LogP contribution is -2.27. The fourth-order valence-corrected chi connectivity index (χ4v) is 1.68. The van der Waals surface area contributed by atoms with Crippen molar-refractivity contribution in [2.75, 3.05) is 6.61 Å². The van der Waals surface area contributed by atoms with E-state index in [1.54, 1.807) is 52.0 Å². The lowest BCUT2D eigenvalue weighted by Gasteiger charge is -2.19. The molecule has 0 fully saturated rings. The average molecular weight is 294 g/mol. The zero-order chi connectivity index (χ0) is 16.0. The van der Waals surface area contributed by atoms with E-state index in [9.17, 15) is 9.59 Å². The number of carboxylic acids is 1. The van der Waals surface area contributed by atoms with E-state index >= 15 is 0 Å². The van der Waals surface area contributed by atoms with Gasteiger partial charge >= 0.3 is 11.9 Å². The molecule has 0 bridgehead atoms. The van der Waals surface area contributed by atoms with Gasteiger partial charge in [-0.05, 0) is 44.9 Å². The Morgan fingerprint density at radius 3 is 2.24 bits per heavy atom. The third-order valence-electron chi connectivity index (χ3n) is 2.66. The first kappa shape index (κ1) is 17.0. The van der Waals surface area contributed by atoms with E-state index in [-0.39, 0.29) is 6.61 Å². The first-order chi connectivity index (χ1) is 9.67. The molecule has 0 aliphatic carbocycles. The number of carbonyl (C=O) groups is 2. The monoisotopic (exact) mass is 294 g/mol. The summed E-state index contributed by atoms with van der Waals surface area (Å²) in [5, 5.41) is 8.86. The minimum atomic E-state index is -0.819. The summed E-state index contributed by atoms with van der Waals surface area (Å²) in [6, 6.07) is 7.02. The molecule has 0 amide bonds. The van der Waals surface area contributed by atoms with Crippen molar-refractivity contribution in [3.8, 4) is 5.75 Å². The van der Waals surface area contributed by atoms with Gasteiger partial charge in [0.05, 0.1) is 5.92 Å². The highest BCUT2D eigenvalue weighted by atomic mass is 16.6. The van der Waals surface area contributed by atoms with Crippen LogP contribution >= 0.6 is 0 Å². The minimum absolute atomic E-state index is 0.151. The van der Waals surface area contributed by atoms with Gasteiger partial charge in [-0.1, -0.05) is 19.1 Å². The normalized spacial score (nSPS) is 12.6. The summed E-state index contributed by atoms with van der Waals surface area (Å²) in [5.41, 5.74) is 0.381. The lowest BCUT2D eigenvalue weighted by atomic mass is 10.0. The standard InChI is InChI=1S/C16H22O5/c1-11(15(18)19)9-12-5-7-13(8-6-12)20-10-14(17)21-16(2,3)4/h5-8,11H,9-10H2,1-4H3,(H,18,19). The quantitative estimate of drug-likeness (QED) is 0.817. The van der Waals surface area contributed by atoms with E-state index in [2.05, 4.69) is 0 Å². The second-order valence-electron chi connectivity index (χ2n) is 5.96. The van der Waals surface area contributed by atoms with Crippen molar-refractivity contribution >= 4 is 11.9 Å². The lowest BCUT2D eigenvalue weighted by molar-refractivity contribution is -0.157. The number of carbonyl (C=O) groups excluding carboxylic acids is 1. The smallest absolute Gasteiger partial charge is 0.344 e. The highest BCUT2D eigenvalue weighted by molar-refractivity contribution is 5.71. The van der Waals surface area contributed by atoms with Crippen LogP contribution in [0.25, 0.3) is 0 Å². The molecule has 0 heterocycles. The van der Waals surface area contributed by atoms with Crippen molar-refractivity contribution < 1.29 is 24.2 Å². The summed E-state index contributed by atoms with van der Waals surface area (Å²) in [6.07, 6.45) is 0.460. The van der Waals surface area contributed by atoms with Gasteiger partial charge in [-0.3, -0.25) is 4.79 Å². The number of benzene rings is 1. The summed E-state index contributed by atoms with van der Waals surface area (Å²) >= 11 is 0. The van der Waals surface area contributed by atoms with Crippen LogP contribution < -0.4 is 4.74 Å². The van der Waals surface area contributed by atoms with Gasteiger partial charge in [0.1, 0.15) is 11.4 Å². The van der Waals surface area contributed by atoms with Gasteiger partial charge in [0.15, 0.2) is 6.61 Å². The third-order valence-corrected chi connectivity index (χ3v) is 2.66. The Morgan fingerprint density at radius 1 is 1.19 bits per heavy atom. The number of esters is 1. The molecule has 1 aromatic carbocycles. The van der Waals surface area contributed by atoms with E-state index in [1.807, 2.05) is 0 Å². The Balaban J connectivity index is 2.48. The molecule has 21 heavy (non-hydrogen) atoms. The first-order valence-corrected chi connectivity index (χ1v) is 6.84. The topological polar surface area (TPSA) is 72.8 Å². The SMILES string of the molecule is CC(Cc1ccc(OCC(=O)OC(C)(C)C)cc1)C(=O)O. The average Bonchev–Trinajstić information content (AvgIpc) is 2.35. The van der Waals surface area contributed by atoms with E-state index < -0.39 is 23.5 Å². The van der Waals surface area contributed by atoms with Crippen LogP contribution in [0.3, 0.4) is 0 Å². The van der Waals surface area contributed by atoms with Gasteiger partial charge in [-0.2, -0.15) is 0 Å². The van der Waals surface area contributed by atoms with E-state index in [0.29, 0.717) is 12.2 Å².